The molecule has 1 atom stereocenters. The minimum absolute atomic E-state index is 0.182. The fraction of sp³-hybridized carbons (Fsp3) is 0.579. The second kappa shape index (κ2) is 6.11. The fourth-order valence-electron chi connectivity index (χ4n) is 3.88. The molecule has 5 nitrogen and oxygen atoms in total. The standard InChI is InChI=1S/C19H26N4O/c1-14-11-18(15(2)22(14)12-16-6-7-16)19(24)21-9-3-5-17(13-21)23-10-4-8-20-23/h4,8,10-11,16-17H,3,5-7,9,12-13H2,1-2H3/t17-/m0/s1. The molecule has 1 saturated carbocycles. The molecule has 5 heteroatoms. The van der Waals surface area contributed by atoms with Gasteiger partial charge in [-0.3, -0.25) is 9.48 Å². The molecular weight excluding hydrogens is 300 g/mol. The Bertz CT molecular complexity index is 727. The number of nitrogens with zero attached hydrogens (tertiary/aromatic N) is 4. The van der Waals surface area contributed by atoms with E-state index < -0.39 is 0 Å². The number of aromatic nitrogens is 3. The number of carbonyl (C=O) groups is 1. The first kappa shape index (κ1) is 15.5. The number of amides is 1. The molecule has 1 aliphatic heterocycles. The summed E-state index contributed by atoms with van der Waals surface area (Å²) in [7, 11) is 0. The molecule has 2 fully saturated rings. The lowest BCUT2D eigenvalue weighted by Gasteiger charge is -2.33. The van der Waals surface area contributed by atoms with Gasteiger partial charge < -0.3 is 9.47 Å². The summed E-state index contributed by atoms with van der Waals surface area (Å²) in [5.74, 6) is 0.999. The highest BCUT2D eigenvalue weighted by Gasteiger charge is 2.29. The average molecular weight is 326 g/mol. The predicted molar refractivity (Wildman–Crippen MR) is 93.0 cm³/mol. The van der Waals surface area contributed by atoms with Crippen molar-refractivity contribution < 1.29 is 4.79 Å². The molecular formula is C19H26N4O. The van der Waals surface area contributed by atoms with Gasteiger partial charge in [0.25, 0.3) is 5.91 Å². The van der Waals surface area contributed by atoms with Crippen LogP contribution in [0.5, 0.6) is 0 Å². The van der Waals surface area contributed by atoms with Crippen LogP contribution in [0, 0.1) is 19.8 Å². The molecule has 4 rings (SSSR count). The first-order valence-corrected chi connectivity index (χ1v) is 9.08. The predicted octanol–water partition coefficient (Wildman–Crippen LogP) is 3.19. The maximum absolute atomic E-state index is 13.1. The van der Waals surface area contributed by atoms with E-state index in [0.29, 0.717) is 6.04 Å². The summed E-state index contributed by atoms with van der Waals surface area (Å²) in [5, 5.41) is 4.36. The molecule has 1 amide bonds. The third-order valence-corrected chi connectivity index (χ3v) is 5.52. The van der Waals surface area contributed by atoms with Crippen molar-refractivity contribution in [1.29, 1.82) is 0 Å². The van der Waals surface area contributed by atoms with Gasteiger partial charge in [-0.05, 0) is 57.6 Å². The first-order chi connectivity index (χ1) is 11.6. The number of carbonyl (C=O) groups excluding carboxylic acids is 1. The van der Waals surface area contributed by atoms with Gasteiger partial charge in [0.2, 0.25) is 0 Å². The SMILES string of the molecule is Cc1cc(C(=O)N2CCC[C@H](n3cccn3)C2)c(C)n1CC1CC1. The summed E-state index contributed by atoms with van der Waals surface area (Å²) in [6.45, 7) is 6.89. The molecule has 2 aromatic rings. The van der Waals surface area contributed by atoms with Gasteiger partial charge in [-0.15, -0.1) is 0 Å². The van der Waals surface area contributed by atoms with Gasteiger partial charge in [-0.2, -0.15) is 5.10 Å². The van der Waals surface area contributed by atoms with E-state index in [-0.39, 0.29) is 5.91 Å². The van der Waals surface area contributed by atoms with Crippen molar-refractivity contribution in [3.05, 3.63) is 41.5 Å². The Kier molecular flexibility index (Phi) is 3.94. The van der Waals surface area contributed by atoms with E-state index in [4.69, 9.17) is 0 Å². The molecule has 1 aliphatic carbocycles. The number of hydrogen-bond acceptors (Lipinski definition) is 2. The highest BCUT2D eigenvalue weighted by Crippen LogP contribution is 2.32. The van der Waals surface area contributed by atoms with Crippen LogP contribution in [0.15, 0.2) is 24.5 Å². The second-order valence-electron chi connectivity index (χ2n) is 7.37. The van der Waals surface area contributed by atoms with Gasteiger partial charge in [0.1, 0.15) is 0 Å². The largest absolute Gasteiger partial charge is 0.348 e. The van der Waals surface area contributed by atoms with E-state index in [0.717, 1.165) is 49.7 Å². The molecule has 0 N–H and O–H groups in total. The van der Waals surface area contributed by atoms with Crippen LogP contribution in [-0.4, -0.2) is 38.2 Å². The molecule has 2 aromatic heterocycles. The number of likely N-dealkylation sites (tertiary alicyclic amines) is 1. The monoisotopic (exact) mass is 326 g/mol. The van der Waals surface area contributed by atoms with Crippen LogP contribution in [0.25, 0.3) is 0 Å². The first-order valence-electron chi connectivity index (χ1n) is 9.08. The Balaban J connectivity index is 1.52. The van der Waals surface area contributed by atoms with Gasteiger partial charge in [-0.1, -0.05) is 0 Å². The Labute approximate surface area is 143 Å². The zero-order valence-electron chi connectivity index (χ0n) is 14.6. The summed E-state index contributed by atoms with van der Waals surface area (Å²) in [6, 6.07) is 4.33. The van der Waals surface area contributed by atoms with Crippen molar-refractivity contribution in [2.45, 2.75) is 52.1 Å². The van der Waals surface area contributed by atoms with Crippen LogP contribution in [0.2, 0.25) is 0 Å². The van der Waals surface area contributed by atoms with Crippen LogP contribution < -0.4 is 0 Å². The zero-order valence-corrected chi connectivity index (χ0v) is 14.6. The number of piperidine rings is 1. The van der Waals surface area contributed by atoms with E-state index in [1.807, 2.05) is 28.0 Å². The van der Waals surface area contributed by atoms with Crippen molar-refractivity contribution in [3.63, 3.8) is 0 Å². The van der Waals surface area contributed by atoms with Crippen molar-refractivity contribution in [2.24, 2.45) is 5.92 Å². The van der Waals surface area contributed by atoms with Gasteiger partial charge in [0.15, 0.2) is 0 Å². The Morgan fingerprint density at radius 3 is 2.83 bits per heavy atom. The van der Waals surface area contributed by atoms with Gasteiger partial charge in [-0.25, -0.2) is 0 Å². The summed E-state index contributed by atoms with van der Waals surface area (Å²) in [5.41, 5.74) is 3.23. The molecule has 0 unspecified atom stereocenters. The third kappa shape index (κ3) is 2.87. The quantitative estimate of drug-likeness (QED) is 0.866. The van der Waals surface area contributed by atoms with E-state index in [1.54, 1.807) is 0 Å². The van der Waals surface area contributed by atoms with Gasteiger partial charge >= 0.3 is 0 Å². The molecule has 0 radical (unpaired) electrons. The number of rotatable bonds is 4. The van der Waals surface area contributed by atoms with Crippen LogP contribution in [-0.2, 0) is 6.54 Å². The topological polar surface area (TPSA) is 43.1 Å². The Hall–Kier alpha value is -2.04. The summed E-state index contributed by atoms with van der Waals surface area (Å²) in [4.78, 5) is 15.1. The van der Waals surface area contributed by atoms with Crippen LogP contribution >= 0.6 is 0 Å². The zero-order chi connectivity index (χ0) is 16.7. The van der Waals surface area contributed by atoms with Crippen molar-refractivity contribution in [3.8, 4) is 0 Å². The normalized spacial score (nSPS) is 21.2. The molecule has 0 spiro atoms. The summed E-state index contributed by atoms with van der Waals surface area (Å²) < 4.78 is 4.33. The van der Waals surface area contributed by atoms with Gasteiger partial charge in [0, 0.05) is 43.4 Å². The van der Waals surface area contributed by atoms with Crippen molar-refractivity contribution in [1.82, 2.24) is 19.2 Å². The molecule has 2 aliphatic rings. The minimum atomic E-state index is 0.182. The van der Waals surface area contributed by atoms with E-state index in [2.05, 4.69) is 29.6 Å². The van der Waals surface area contributed by atoms with E-state index in [9.17, 15) is 4.79 Å². The summed E-state index contributed by atoms with van der Waals surface area (Å²) >= 11 is 0. The van der Waals surface area contributed by atoms with Gasteiger partial charge in [0.05, 0.1) is 11.6 Å². The smallest absolute Gasteiger partial charge is 0.255 e. The molecule has 0 bridgehead atoms. The molecule has 3 heterocycles. The maximum atomic E-state index is 13.1. The van der Waals surface area contributed by atoms with E-state index in [1.165, 1.54) is 18.5 Å². The second-order valence-corrected chi connectivity index (χ2v) is 7.37. The maximum Gasteiger partial charge on any atom is 0.255 e. The van der Waals surface area contributed by atoms with E-state index >= 15 is 0 Å². The lowest BCUT2D eigenvalue weighted by Crippen LogP contribution is -2.41. The highest BCUT2D eigenvalue weighted by atomic mass is 16.2. The third-order valence-electron chi connectivity index (χ3n) is 5.52. The lowest BCUT2D eigenvalue weighted by molar-refractivity contribution is 0.0672. The Morgan fingerprint density at radius 2 is 2.12 bits per heavy atom. The van der Waals surface area contributed by atoms with Crippen molar-refractivity contribution >= 4 is 5.91 Å². The molecule has 1 saturated heterocycles. The highest BCUT2D eigenvalue weighted by molar-refractivity contribution is 5.95. The Morgan fingerprint density at radius 1 is 1.29 bits per heavy atom. The van der Waals surface area contributed by atoms with Crippen LogP contribution in [0.4, 0.5) is 0 Å². The molecule has 128 valence electrons. The minimum Gasteiger partial charge on any atom is -0.348 e. The average Bonchev–Trinajstić information content (AvgIpc) is 3.16. The van der Waals surface area contributed by atoms with Crippen LogP contribution in [0.1, 0.15) is 53.5 Å². The number of hydrogen-bond donors (Lipinski definition) is 0. The number of aryl methyl sites for hydroxylation is 1. The fourth-order valence-corrected chi connectivity index (χ4v) is 3.88. The lowest BCUT2D eigenvalue weighted by atomic mass is 10.0. The molecule has 24 heavy (non-hydrogen) atoms. The van der Waals surface area contributed by atoms with Crippen LogP contribution in [0.3, 0.4) is 0 Å². The summed E-state index contributed by atoms with van der Waals surface area (Å²) in [6.07, 6.45) is 8.60. The molecule has 0 aromatic carbocycles. The van der Waals surface area contributed by atoms with Crippen molar-refractivity contribution in [2.75, 3.05) is 13.1 Å².